The van der Waals surface area contributed by atoms with Crippen molar-refractivity contribution in [1.29, 1.82) is 0 Å². The SMILES string of the molecule is CC1CC1CN(C)c1cc(-c2nnc([C@](C)(N)Cc3ccccc3)o2)cc(NS(C)(=O)=O)n1. The molecule has 3 aromatic rings. The fourth-order valence-corrected chi connectivity index (χ4v) is 4.33. The second-order valence-corrected chi connectivity index (χ2v) is 11.1. The lowest BCUT2D eigenvalue weighted by Gasteiger charge is -2.20. The number of sulfonamides is 1. The minimum Gasteiger partial charge on any atom is -0.419 e. The average molecular weight is 471 g/mol. The van der Waals surface area contributed by atoms with Gasteiger partial charge in [-0.05, 0) is 49.3 Å². The monoisotopic (exact) mass is 470 g/mol. The molecule has 0 amide bonds. The van der Waals surface area contributed by atoms with Crippen LogP contribution in [-0.2, 0) is 22.0 Å². The van der Waals surface area contributed by atoms with Crippen LogP contribution in [0.25, 0.3) is 11.5 Å². The number of anilines is 2. The number of hydrogen-bond acceptors (Lipinski definition) is 8. The van der Waals surface area contributed by atoms with Crippen molar-refractivity contribution >= 4 is 21.7 Å². The molecule has 2 unspecified atom stereocenters. The van der Waals surface area contributed by atoms with E-state index in [0.717, 1.165) is 18.4 Å². The van der Waals surface area contributed by atoms with Crippen molar-refractivity contribution < 1.29 is 12.8 Å². The molecule has 1 aromatic carbocycles. The quantitative estimate of drug-likeness (QED) is 0.489. The fourth-order valence-electron chi connectivity index (χ4n) is 3.84. The molecule has 4 rings (SSSR count). The second-order valence-electron chi connectivity index (χ2n) is 9.32. The first-order valence-corrected chi connectivity index (χ1v) is 12.8. The first-order chi connectivity index (χ1) is 15.5. The molecule has 10 heteroatoms. The van der Waals surface area contributed by atoms with E-state index in [9.17, 15) is 8.42 Å². The van der Waals surface area contributed by atoms with Gasteiger partial charge in [0, 0.05) is 19.2 Å². The predicted molar refractivity (Wildman–Crippen MR) is 128 cm³/mol. The Morgan fingerprint density at radius 1 is 1.24 bits per heavy atom. The Balaban J connectivity index is 1.64. The number of hydrogen-bond donors (Lipinski definition) is 2. The van der Waals surface area contributed by atoms with Gasteiger partial charge in [-0.25, -0.2) is 13.4 Å². The minimum atomic E-state index is -3.51. The molecule has 1 aliphatic rings. The van der Waals surface area contributed by atoms with Gasteiger partial charge in [0.1, 0.15) is 11.6 Å². The molecule has 3 atom stereocenters. The van der Waals surface area contributed by atoms with Crippen LogP contribution in [-0.4, -0.2) is 43.4 Å². The summed E-state index contributed by atoms with van der Waals surface area (Å²) in [6, 6.07) is 13.3. The Labute approximate surface area is 194 Å². The van der Waals surface area contributed by atoms with E-state index in [0.29, 0.717) is 35.5 Å². The van der Waals surface area contributed by atoms with Crippen LogP contribution >= 0.6 is 0 Å². The minimum absolute atomic E-state index is 0.195. The number of nitrogens with two attached hydrogens (primary N) is 1. The van der Waals surface area contributed by atoms with Crippen LogP contribution < -0.4 is 15.4 Å². The van der Waals surface area contributed by atoms with Gasteiger partial charge in [-0.1, -0.05) is 37.3 Å². The molecule has 1 saturated carbocycles. The highest BCUT2D eigenvalue weighted by Crippen LogP contribution is 2.39. The Kier molecular flexibility index (Phi) is 6.15. The van der Waals surface area contributed by atoms with Crippen LogP contribution in [0.4, 0.5) is 11.6 Å². The third kappa shape index (κ3) is 5.88. The van der Waals surface area contributed by atoms with Crippen LogP contribution in [0.3, 0.4) is 0 Å². The predicted octanol–water partition coefficient (Wildman–Crippen LogP) is 3.01. The lowest BCUT2D eigenvalue weighted by atomic mass is 9.94. The van der Waals surface area contributed by atoms with Crippen LogP contribution in [0, 0.1) is 11.8 Å². The third-order valence-electron chi connectivity index (χ3n) is 5.85. The standard InChI is InChI=1S/C23H30N6O3S/c1-15-10-18(15)14-29(3)20-12-17(11-19(25-20)28-33(4,30)31)21-26-27-22(32-21)23(2,24)13-16-8-6-5-7-9-16/h5-9,11-12,15,18H,10,13-14,24H2,1-4H3,(H,25,28)/t15?,18?,23-/m1/s1. The normalized spacial score (nSPS) is 19.7. The van der Waals surface area contributed by atoms with E-state index in [2.05, 4.69) is 26.8 Å². The maximum absolute atomic E-state index is 11.8. The number of pyridine rings is 1. The van der Waals surface area contributed by atoms with Crippen molar-refractivity contribution in [2.45, 2.75) is 32.2 Å². The topological polar surface area (TPSA) is 127 Å². The lowest BCUT2D eigenvalue weighted by molar-refractivity contribution is 0.355. The molecule has 33 heavy (non-hydrogen) atoms. The molecule has 0 aliphatic heterocycles. The zero-order chi connectivity index (χ0) is 23.8. The molecular formula is C23H30N6O3S. The van der Waals surface area contributed by atoms with E-state index in [1.165, 1.54) is 6.42 Å². The van der Waals surface area contributed by atoms with Crippen LogP contribution in [0.5, 0.6) is 0 Å². The Morgan fingerprint density at radius 2 is 1.94 bits per heavy atom. The van der Waals surface area contributed by atoms with E-state index >= 15 is 0 Å². The number of benzene rings is 1. The molecule has 1 fully saturated rings. The fraction of sp³-hybridized carbons (Fsp3) is 0.435. The summed E-state index contributed by atoms with van der Waals surface area (Å²) < 4.78 is 32.1. The summed E-state index contributed by atoms with van der Waals surface area (Å²) in [5, 5.41) is 8.39. The van der Waals surface area contributed by atoms with E-state index in [4.69, 9.17) is 10.2 Å². The van der Waals surface area contributed by atoms with E-state index in [-0.39, 0.29) is 11.7 Å². The molecular weight excluding hydrogens is 440 g/mol. The maximum Gasteiger partial charge on any atom is 0.248 e. The first kappa shape index (κ1) is 23.2. The van der Waals surface area contributed by atoms with Crippen molar-refractivity contribution in [2.24, 2.45) is 17.6 Å². The van der Waals surface area contributed by atoms with Crippen LogP contribution in [0.15, 0.2) is 46.9 Å². The zero-order valence-corrected chi connectivity index (χ0v) is 20.1. The van der Waals surface area contributed by atoms with Gasteiger partial charge in [0.15, 0.2) is 0 Å². The van der Waals surface area contributed by atoms with Gasteiger partial charge >= 0.3 is 0 Å². The molecule has 0 radical (unpaired) electrons. The zero-order valence-electron chi connectivity index (χ0n) is 19.3. The smallest absolute Gasteiger partial charge is 0.248 e. The molecule has 3 N–H and O–H groups in total. The molecule has 176 valence electrons. The highest BCUT2D eigenvalue weighted by atomic mass is 32.2. The third-order valence-corrected chi connectivity index (χ3v) is 6.43. The van der Waals surface area contributed by atoms with Gasteiger partial charge < -0.3 is 15.1 Å². The van der Waals surface area contributed by atoms with Crippen LogP contribution in [0.2, 0.25) is 0 Å². The van der Waals surface area contributed by atoms with Crippen molar-refractivity contribution in [2.75, 3.05) is 29.5 Å². The Bertz CT molecular complexity index is 1230. The van der Waals surface area contributed by atoms with E-state index < -0.39 is 15.6 Å². The molecule has 9 nitrogen and oxygen atoms in total. The number of rotatable bonds is 9. The summed E-state index contributed by atoms with van der Waals surface area (Å²) in [6.07, 6.45) is 2.80. The highest BCUT2D eigenvalue weighted by Gasteiger charge is 2.34. The molecule has 0 bridgehead atoms. The Morgan fingerprint density at radius 3 is 2.58 bits per heavy atom. The maximum atomic E-state index is 11.8. The van der Waals surface area contributed by atoms with Crippen molar-refractivity contribution in [3.8, 4) is 11.5 Å². The molecule has 1 aliphatic carbocycles. The summed E-state index contributed by atoms with van der Waals surface area (Å²) >= 11 is 0. The number of nitrogens with zero attached hydrogens (tertiary/aromatic N) is 4. The summed E-state index contributed by atoms with van der Waals surface area (Å²) in [5.74, 6) is 2.67. The molecule has 0 saturated heterocycles. The Hall–Kier alpha value is -2.98. The summed E-state index contributed by atoms with van der Waals surface area (Å²) in [5.41, 5.74) is 7.28. The van der Waals surface area contributed by atoms with Gasteiger partial charge in [0.05, 0.1) is 11.8 Å². The number of aromatic nitrogens is 3. The van der Waals surface area contributed by atoms with Crippen molar-refractivity contribution in [3.05, 3.63) is 53.9 Å². The highest BCUT2D eigenvalue weighted by molar-refractivity contribution is 7.92. The molecule has 2 aromatic heterocycles. The van der Waals surface area contributed by atoms with Gasteiger partial charge in [0.2, 0.25) is 21.8 Å². The van der Waals surface area contributed by atoms with Crippen molar-refractivity contribution in [3.63, 3.8) is 0 Å². The first-order valence-electron chi connectivity index (χ1n) is 10.9. The summed E-state index contributed by atoms with van der Waals surface area (Å²) in [6.45, 7) is 4.90. The van der Waals surface area contributed by atoms with Gasteiger partial charge in [-0.2, -0.15) is 0 Å². The van der Waals surface area contributed by atoms with Gasteiger partial charge in [0.25, 0.3) is 0 Å². The van der Waals surface area contributed by atoms with E-state index in [1.54, 1.807) is 6.07 Å². The average Bonchev–Trinajstić information content (AvgIpc) is 3.21. The lowest BCUT2D eigenvalue weighted by Crippen LogP contribution is -2.35. The largest absolute Gasteiger partial charge is 0.419 e. The molecule has 2 heterocycles. The summed E-state index contributed by atoms with van der Waals surface area (Å²) in [7, 11) is -1.57. The molecule has 0 spiro atoms. The van der Waals surface area contributed by atoms with Crippen molar-refractivity contribution in [1.82, 2.24) is 15.2 Å². The van der Waals surface area contributed by atoms with E-state index in [1.807, 2.05) is 55.3 Å². The number of nitrogens with one attached hydrogen (secondary N) is 1. The second kappa shape index (κ2) is 8.75. The van der Waals surface area contributed by atoms with Crippen LogP contribution in [0.1, 0.15) is 31.7 Å². The van der Waals surface area contributed by atoms with Gasteiger partial charge in [-0.3, -0.25) is 4.72 Å². The summed E-state index contributed by atoms with van der Waals surface area (Å²) in [4.78, 5) is 6.50. The van der Waals surface area contributed by atoms with Gasteiger partial charge in [-0.15, -0.1) is 10.2 Å².